The summed E-state index contributed by atoms with van der Waals surface area (Å²) in [5, 5.41) is 7.13. The van der Waals surface area contributed by atoms with Gasteiger partial charge in [0.2, 0.25) is 0 Å². The number of hydrogen-bond donors (Lipinski definition) is 2. The van der Waals surface area contributed by atoms with Gasteiger partial charge >= 0.3 is 0 Å². The van der Waals surface area contributed by atoms with E-state index in [-0.39, 0.29) is 5.60 Å². The Hall–Kier alpha value is -1.26. The zero-order valence-electron chi connectivity index (χ0n) is 13.1. The molecule has 116 valence electrons. The number of fused-ring (bicyclic) bond motifs is 1. The molecule has 4 heteroatoms. The molecular formula is C17H26N2O2. The Morgan fingerprint density at radius 1 is 1.38 bits per heavy atom. The third kappa shape index (κ3) is 3.01. The summed E-state index contributed by atoms with van der Waals surface area (Å²) in [6, 6.07) is 6.55. The van der Waals surface area contributed by atoms with Gasteiger partial charge < -0.3 is 20.1 Å². The van der Waals surface area contributed by atoms with Crippen LogP contribution >= 0.6 is 0 Å². The molecule has 1 aromatic carbocycles. The van der Waals surface area contributed by atoms with Gasteiger partial charge in [0.25, 0.3) is 0 Å². The largest absolute Gasteiger partial charge is 0.497 e. The third-order valence-corrected chi connectivity index (χ3v) is 4.65. The van der Waals surface area contributed by atoms with E-state index in [0.29, 0.717) is 6.04 Å². The second-order valence-corrected chi connectivity index (χ2v) is 6.15. The summed E-state index contributed by atoms with van der Waals surface area (Å²) in [6.07, 6.45) is 4.37. The Morgan fingerprint density at radius 2 is 2.19 bits per heavy atom. The Kier molecular flexibility index (Phi) is 4.36. The summed E-state index contributed by atoms with van der Waals surface area (Å²) in [4.78, 5) is 0. The maximum atomic E-state index is 6.43. The molecule has 1 atom stereocenters. The lowest BCUT2D eigenvalue weighted by molar-refractivity contribution is 0.00311. The van der Waals surface area contributed by atoms with Crippen LogP contribution in [0.1, 0.15) is 44.2 Å². The van der Waals surface area contributed by atoms with E-state index >= 15 is 0 Å². The zero-order chi connectivity index (χ0) is 14.7. The molecule has 4 nitrogen and oxygen atoms in total. The molecule has 2 aliphatic heterocycles. The van der Waals surface area contributed by atoms with Crippen molar-refractivity contribution < 1.29 is 9.47 Å². The molecule has 2 heterocycles. The van der Waals surface area contributed by atoms with Crippen molar-refractivity contribution in [1.29, 1.82) is 0 Å². The highest BCUT2D eigenvalue weighted by Crippen LogP contribution is 2.44. The molecule has 0 saturated carbocycles. The van der Waals surface area contributed by atoms with Crippen LogP contribution in [0.5, 0.6) is 11.5 Å². The van der Waals surface area contributed by atoms with Crippen molar-refractivity contribution in [3.05, 3.63) is 23.8 Å². The highest BCUT2D eigenvalue weighted by molar-refractivity contribution is 5.44. The first-order valence-electron chi connectivity index (χ1n) is 8.07. The van der Waals surface area contributed by atoms with Crippen molar-refractivity contribution >= 4 is 0 Å². The SMILES string of the molecule is CCCNC1CC2(CCNCC2)Oc2ccc(OC)cc21. The summed E-state index contributed by atoms with van der Waals surface area (Å²) >= 11 is 0. The predicted molar refractivity (Wildman–Crippen MR) is 84.1 cm³/mol. The van der Waals surface area contributed by atoms with E-state index in [4.69, 9.17) is 9.47 Å². The number of rotatable bonds is 4. The lowest BCUT2D eigenvalue weighted by atomic mass is 9.81. The van der Waals surface area contributed by atoms with Crippen molar-refractivity contribution in [2.45, 2.75) is 44.2 Å². The molecule has 0 aliphatic carbocycles. The Balaban J connectivity index is 1.90. The molecule has 2 N–H and O–H groups in total. The summed E-state index contributed by atoms with van der Waals surface area (Å²) < 4.78 is 11.8. The van der Waals surface area contributed by atoms with Crippen LogP contribution in [0.15, 0.2) is 18.2 Å². The highest BCUT2D eigenvalue weighted by atomic mass is 16.5. The van der Waals surface area contributed by atoms with E-state index in [2.05, 4.69) is 29.7 Å². The maximum absolute atomic E-state index is 6.43. The Bertz CT molecular complexity index is 484. The number of piperidine rings is 1. The van der Waals surface area contributed by atoms with Crippen LogP contribution in [-0.4, -0.2) is 32.3 Å². The molecule has 1 spiro atoms. The van der Waals surface area contributed by atoms with Crippen molar-refractivity contribution in [3.8, 4) is 11.5 Å². The first-order valence-corrected chi connectivity index (χ1v) is 8.07. The molecule has 0 amide bonds. The number of hydrogen-bond acceptors (Lipinski definition) is 4. The normalized spacial score (nSPS) is 23.4. The third-order valence-electron chi connectivity index (χ3n) is 4.65. The van der Waals surface area contributed by atoms with Crippen LogP contribution in [0.2, 0.25) is 0 Å². The maximum Gasteiger partial charge on any atom is 0.125 e. The van der Waals surface area contributed by atoms with Crippen LogP contribution < -0.4 is 20.1 Å². The van der Waals surface area contributed by atoms with E-state index in [0.717, 1.165) is 56.8 Å². The molecule has 21 heavy (non-hydrogen) atoms. The first-order chi connectivity index (χ1) is 10.3. The molecule has 1 aromatic rings. The van der Waals surface area contributed by atoms with Gasteiger partial charge in [0.05, 0.1) is 7.11 Å². The van der Waals surface area contributed by atoms with Crippen LogP contribution in [0.4, 0.5) is 0 Å². The fraction of sp³-hybridized carbons (Fsp3) is 0.647. The molecule has 1 unspecified atom stereocenters. The zero-order valence-corrected chi connectivity index (χ0v) is 13.1. The van der Waals surface area contributed by atoms with Crippen molar-refractivity contribution in [3.63, 3.8) is 0 Å². The predicted octanol–water partition coefficient (Wildman–Crippen LogP) is 2.64. The van der Waals surface area contributed by atoms with E-state index in [9.17, 15) is 0 Å². The lowest BCUT2D eigenvalue weighted by Gasteiger charge is -2.45. The van der Waals surface area contributed by atoms with Gasteiger partial charge in [-0.1, -0.05) is 6.92 Å². The Labute approximate surface area is 127 Å². The smallest absolute Gasteiger partial charge is 0.125 e. The number of methoxy groups -OCH3 is 1. The fourth-order valence-corrected chi connectivity index (χ4v) is 3.46. The second kappa shape index (κ2) is 6.24. The second-order valence-electron chi connectivity index (χ2n) is 6.15. The van der Waals surface area contributed by atoms with Crippen LogP contribution in [0.25, 0.3) is 0 Å². The van der Waals surface area contributed by atoms with E-state index < -0.39 is 0 Å². The fourth-order valence-electron chi connectivity index (χ4n) is 3.46. The minimum atomic E-state index is -0.00174. The van der Waals surface area contributed by atoms with Gasteiger partial charge in [0.15, 0.2) is 0 Å². The average Bonchev–Trinajstić information content (AvgIpc) is 2.53. The number of ether oxygens (including phenoxy) is 2. The Morgan fingerprint density at radius 3 is 2.90 bits per heavy atom. The van der Waals surface area contributed by atoms with Gasteiger partial charge in [-0.25, -0.2) is 0 Å². The van der Waals surface area contributed by atoms with Crippen molar-refractivity contribution in [1.82, 2.24) is 10.6 Å². The summed E-state index contributed by atoms with van der Waals surface area (Å²) in [6.45, 7) is 5.34. The average molecular weight is 290 g/mol. The van der Waals surface area contributed by atoms with Crippen molar-refractivity contribution in [2.24, 2.45) is 0 Å². The summed E-state index contributed by atoms with van der Waals surface area (Å²) in [5.41, 5.74) is 1.24. The number of nitrogens with one attached hydrogen (secondary N) is 2. The van der Waals surface area contributed by atoms with Crippen LogP contribution in [0.3, 0.4) is 0 Å². The van der Waals surface area contributed by atoms with Crippen molar-refractivity contribution in [2.75, 3.05) is 26.7 Å². The molecule has 0 bridgehead atoms. The highest BCUT2D eigenvalue weighted by Gasteiger charge is 2.41. The van der Waals surface area contributed by atoms with Gasteiger partial charge in [-0.15, -0.1) is 0 Å². The summed E-state index contributed by atoms with van der Waals surface area (Å²) in [5.74, 6) is 1.93. The van der Waals surface area contributed by atoms with Crippen LogP contribution in [0, 0.1) is 0 Å². The lowest BCUT2D eigenvalue weighted by Crippen LogP contribution is -2.50. The van der Waals surface area contributed by atoms with Gasteiger partial charge in [0, 0.05) is 18.0 Å². The molecule has 3 rings (SSSR count). The topological polar surface area (TPSA) is 42.5 Å². The molecule has 1 saturated heterocycles. The minimum absolute atomic E-state index is 0.00174. The number of benzene rings is 1. The van der Waals surface area contributed by atoms with Gasteiger partial charge in [-0.3, -0.25) is 0 Å². The van der Waals surface area contributed by atoms with E-state index in [1.165, 1.54) is 5.56 Å². The standard InChI is InChI=1S/C17H26N2O2/c1-3-8-19-15-12-17(6-9-18-10-7-17)21-16-5-4-13(20-2)11-14(15)16/h4-5,11,15,18-19H,3,6-10,12H2,1-2H3. The molecular weight excluding hydrogens is 264 g/mol. The monoisotopic (exact) mass is 290 g/mol. The van der Waals surface area contributed by atoms with E-state index in [1.807, 2.05) is 6.07 Å². The van der Waals surface area contributed by atoms with Gasteiger partial charge in [-0.2, -0.15) is 0 Å². The quantitative estimate of drug-likeness (QED) is 0.894. The molecule has 1 fully saturated rings. The van der Waals surface area contributed by atoms with Gasteiger partial charge in [-0.05, 0) is 57.1 Å². The molecule has 2 aliphatic rings. The van der Waals surface area contributed by atoms with E-state index in [1.54, 1.807) is 7.11 Å². The molecule has 0 aromatic heterocycles. The van der Waals surface area contributed by atoms with Gasteiger partial charge in [0.1, 0.15) is 17.1 Å². The minimum Gasteiger partial charge on any atom is -0.497 e. The first kappa shape index (κ1) is 14.7. The summed E-state index contributed by atoms with van der Waals surface area (Å²) in [7, 11) is 1.72. The molecule has 0 radical (unpaired) electrons. The van der Waals surface area contributed by atoms with Crippen LogP contribution in [-0.2, 0) is 0 Å².